The average Bonchev–Trinajstić information content (AvgIpc) is 2.98. The van der Waals surface area contributed by atoms with Crippen molar-refractivity contribution in [1.29, 1.82) is 0 Å². The zero-order valence-electron chi connectivity index (χ0n) is 15.1. The van der Waals surface area contributed by atoms with Crippen LogP contribution in [0.5, 0.6) is 0 Å². The smallest absolute Gasteiger partial charge is 0.272 e. The summed E-state index contributed by atoms with van der Waals surface area (Å²) in [5.41, 5.74) is 6.52. The van der Waals surface area contributed by atoms with E-state index in [-0.39, 0.29) is 24.8 Å². The van der Waals surface area contributed by atoms with Gasteiger partial charge >= 0.3 is 0 Å². The number of hydrogen-bond acceptors (Lipinski definition) is 4. The molecule has 0 saturated carbocycles. The summed E-state index contributed by atoms with van der Waals surface area (Å²) in [4.78, 5) is 24.4. The van der Waals surface area contributed by atoms with E-state index in [4.69, 9.17) is 5.73 Å². The van der Waals surface area contributed by atoms with Gasteiger partial charge in [0.2, 0.25) is 5.91 Å². The minimum atomic E-state index is -0.423. The second-order valence-electron chi connectivity index (χ2n) is 7.03. The van der Waals surface area contributed by atoms with Crippen LogP contribution in [0.1, 0.15) is 44.1 Å². The number of nitrogens with zero attached hydrogens (tertiary/aromatic N) is 1. The van der Waals surface area contributed by atoms with Crippen LogP contribution in [0.4, 0.5) is 0 Å². The van der Waals surface area contributed by atoms with E-state index in [1.807, 2.05) is 31.2 Å². The molecule has 2 amide bonds. The normalized spacial score (nSPS) is 13.6. The van der Waals surface area contributed by atoms with Crippen LogP contribution in [-0.2, 0) is 4.79 Å². The lowest BCUT2D eigenvalue weighted by Gasteiger charge is -2.31. The van der Waals surface area contributed by atoms with Crippen LogP contribution in [-0.4, -0.2) is 40.6 Å². The minimum absolute atomic E-state index is 0.124. The van der Waals surface area contributed by atoms with Gasteiger partial charge in [0.15, 0.2) is 5.69 Å². The summed E-state index contributed by atoms with van der Waals surface area (Å²) >= 11 is 0. The average molecular weight is 345 g/mol. The lowest BCUT2D eigenvalue weighted by molar-refractivity contribution is -0.122. The van der Waals surface area contributed by atoms with Gasteiger partial charge in [-0.2, -0.15) is 5.10 Å². The third-order valence-electron chi connectivity index (χ3n) is 4.07. The van der Waals surface area contributed by atoms with Gasteiger partial charge in [-0.1, -0.05) is 32.0 Å². The summed E-state index contributed by atoms with van der Waals surface area (Å²) in [6, 6.07) is 7.41. The molecule has 5 N–H and O–H groups in total. The highest BCUT2D eigenvalue weighted by Gasteiger charge is 2.25. The number of nitrogens with two attached hydrogens (primary N) is 1. The van der Waals surface area contributed by atoms with E-state index in [1.165, 1.54) is 0 Å². The zero-order chi connectivity index (χ0) is 18.4. The van der Waals surface area contributed by atoms with Gasteiger partial charge in [0.1, 0.15) is 0 Å². The van der Waals surface area contributed by atoms with Gasteiger partial charge in [-0.05, 0) is 25.3 Å². The minimum Gasteiger partial charge on any atom is -0.350 e. The van der Waals surface area contributed by atoms with Gasteiger partial charge < -0.3 is 16.4 Å². The van der Waals surface area contributed by atoms with Crippen molar-refractivity contribution in [3.05, 3.63) is 30.0 Å². The van der Waals surface area contributed by atoms with Crippen LogP contribution in [0.2, 0.25) is 0 Å². The highest BCUT2D eigenvalue weighted by molar-refractivity contribution is 6.04. The Balaban J connectivity index is 1.85. The van der Waals surface area contributed by atoms with Crippen molar-refractivity contribution < 1.29 is 9.59 Å². The largest absolute Gasteiger partial charge is 0.350 e. The van der Waals surface area contributed by atoms with Gasteiger partial charge in [0.05, 0.1) is 5.52 Å². The van der Waals surface area contributed by atoms with E-state index in [0.29, 0.717) is 18.2 Å². The van der Waals surface area contributed by atoms with E-state index < -0.39 is 5.54 Å². The maximum atomic E-state index is 12.2. The summed E-state index contributed by atoms with van der Waals surface area (Å²) in [7, 11) is 0. The van der Waals surface area contributed by atoms with Crippen LogP contribution in [0, 0.1) is 5.92 Å². The molecule has 0 bridgehead atoms. The predicted octanol–water partition coefficient (Wildman–Crippen LogP) is 1.56. The van der Waals surface area contributed by atoms with E-state index in [0.717, 1.165) is 17.3 Å². The fourth-order valence-electron chi connectivity index (χ4n) is 3.00. The van der Waals surface area contributed by atoms with E-state index in [1.54, 1.807) is 0 Å². The summed E-state index contributed by atoms with van der Waals surface area (Å²) in [5, 5.41) is 13.3. The number of carbonyl (C=O) groups excluding carboxylic acids is 2. The van der Waals surface area contributed by atoms with Gasteiger partial charge in [-0.15, -0.1) is 0 Å². The first-order valence-electron chi connectivity index (χ1n) is 8.57. The Labute approximate surface area is 147 Å². The summed E-state index contributed by atoms with van der Waals surface area (Å²) in [6.07, 6.45) is 1.00. The van der Waals surface area contributed by atoms with E-state index >= 15 is 0 Å². The standard InChI is InChI=1S/C18H27N5O2/c1-12(2)10-18(3,11-19)21-15(24)8-9-20-17(25)16-13-6-4-5-7-14(13)22-23-16/h4-7,12H,8-11,19H2,1-3H3,(H,20,25)(H,21,24)(H,22,23). The summed E-state index contributed by atoms with van der Waals surface area (Å²) in [6.45, 7) is 6.75. The molecule has 0 aliphatic carbocycles. The first-order valence-corrected chi connectivity index (χ1v) is 8.57. The molecule has 1 unspecified atom stereocenters. The van der Waals surface area contributed by atoms with Crippen LogP contribution in [0.3, 0.4) is 0 Å². The molecule has 136 valence electrons. The van der Waals surface area contributed by atoms with E-state index in [2.05, 4.69) is 34.7 Å². The van der Waals surface area contributed by atoms with Crippen molar-refractivity contribution in [3.8, 4) is 0 Å². The molecule has 0 fully saturated rings. The van der Waals surface area contributed by atoms with Crippen molar-refractivity contribution in [2.75, 3.05) is 13.1 Å². The first-order chi connectivity index (χ1) is 11.8. The molecule has 7 nitrogen and oxygen atoms in total. The number of H-pyrrole nitrogens is 1. The third kappa shape index (κ3) is 5.03. The lowest BCUT2D eigenvalue weighted by atomic mass is 9.90. The number of aromatic nitrogens is 2. The molecule has 0 aliphatic heterocycles. The topological polar surface area (TPSA) is 113 Å². The Bertz CT molecular complexity index is 740. The predicted molar refractivity (Wildman–Crippen MR) is 98.1 cm³/mol. The molecule has 1 aromatic carbocycles. The van der Waals surface area contributed by atoms with Crippen molar-refractivity contribution >= 4 is 22.7 Å². The van der Waals surface area contributed by atoms with Gasteiger partial charge in [0.25, 0.3) is 5.91 Å². The SMILES string of the molecule is CC(C)CC(C)(CN)NC(=O)CCNC(=O)c1n[nH]c2ccccc12. The van der Waals surface area contributed by atoms with Crippen molar-refractivity contribution in [3.63, 3.8) is 0 Å². The van der Waals surface area contributed by atoms with Gasteiger partial charge in [-0.3, -0.25) is 14.7 Å². The molecule has 2 rings (SSSR count). The lowest BCUT2D eigenvalue weighted by Crippen LogP contribution is -2.52. The summed E-state index contributed by atoms with van der Waals surface area (Å²) in [5.74, 6) is 0.0105. The number of rotatable bonds is 8. The number of fused-ring (bicyclic) bond motifs is 1. The Morgan fingerprint density at radius 1 is 1.32 bits per heavy atom. The summed E-state index contributed by atoms with van der Waals surface area (Å²) < 4.78 is 0. The molecule has 7 heteroatoms. The van der Waals surface area contributed by atoms with Crippen LogP contribution < -0.4 is 16.4 Å². The van der Waals surface area contributed by atoms with Gasteiger partial charge in [0, 0.05) is 30.4 Å². The number of amides is 2. The fourth-order valence-corrected chi connectivity index (χ4v) is 3.00. The zero-order valence-corrected chi connectivity index (χ0v) is 15.1. The first kappa shape index (κ1) is 18.9. The quantitative estimate of drug-likeness (QED) is 0.581. The highest BCUT2D eigenvalue weighted by Crippen LogP contribution is 2.16. The van der Waals surface area contributed by atoms with Crippen molar-refractivity contribution in [2.45, 2.75) is 39.2 Å². The van der Waals surface area contributed by atoms with Crippen molar-refractivity contribution in [2.24, 2.45) is 11.7 Å². The van der Waals surface area contributed by atoms with Gasteiger partial charge in [-0.25, -0.2) is 0 Å². The Hall–Kier alpha value is -2.41. The maximum Gasteiger partial charge on any atom is 0.272 e. The molecule has 0 saturated heterocycles. The monoisotopic (exact) mass is 345 g/mol. The molecule has 25 heavy (non-hydrogen) atoms. The maximum absolute atomic E-state index is 12.2. The molecule has 1 heterocycles. The third-order valence-corrected chi connectivity index (χ3v) is 4.07. The number of benzene rings is 1. The van der Waals surface area contributed by atoms with Crippen LogP contribution in [0.25, 0.3) is 10.9 Å². The second-order valence-corrected chi connectivity index (χ2v) is 7.03. The van der Waals surface area contributed by atoms with Crippen LogP contribution >= 0.6 is 0 Å². The Morgan fingerprint density at radius 3 is 2.72 bits per heavy atom. The number of nitrogens with one attached hydrogen (secondary N) is 3. The number of para-hydroxylation sites is 1. The number of aromatic amines is 1. The molecular weight excluding hydrogens is 318 g/mol. The van der Waals surface area contributed by atoms with E-state index in [9.17, 15) is 9.59 Å². The molecule has 0 radical (unpaired) electrons. The number of hydrogen-bond donors (Lipinski definition) is 4. The molecule has 1 aromatic heterocycles. The Morgan fingerprint density at radius 2 is 2.04 bits per heavy atom. The van der Waals surface area contributed by atoms with Crippen LogP contribution in [0.15, 0.2) is 24.3 Å². The molecule has 0 aliphatic rings. The molecule has 0 spiro atoms. The Kier molecular flexibility index (Phi) is 6.14. The second kappa shape index (κ2) is 8.11. The fraction of sp³-hybridized carbons (Fsp3) is 0.500. The molecular formula is C18H27N5O2. The highest BCUT2D eigenvalue weighted by atomic mass is 16.2. The number of carbonyl (C=O) groups is 2. The molecule has 2 aromatic rings. The van der Waals surface area contributed by atoms with Crippen molar-refractivity contribution in [1.82, 2.24) is 20.8 Å². The molecule has 1 atom stereocenters.